The highest BCUT2D eigenvalue weighted by Gasteiger charge is 2.22. The molecule has 1 aromatic carbocycles. The van der Waals surface area contributed by atoms with E-state index in [1.54, 1.807) is 11.3 Å². The van der Waals surface area contributed by atoms with Crippen molar-refractivity contribution in [3.05, 3.63) is 62.0 Å². The molecule has 0 atom stereocenters. The monoisotopic (exact) mass is 422 g/mol. The summed E-state index contributed by atoms with van der Waals surface area (Å²) < 4.78 is 0. The third kappa shape index (κ3) is 3.96. The van der Waals surface area contributed by atoms with Gasteiger partial charge in [0, 0.05) is 37.6 Å². The summed E-state index contributed by atoms with van der Waals surface area (Å²) >= 11 is 1.72. The molecule has 30 heavy (non-hydrogen) atoms. The van der Waals surface area contributed by atoms with Crippen LogP contribution in [0, 0.1) is 0 Å². The summed E-state index contributed by atoms with van der Waals surface area (Å²) in [5.41, 5.74) is 4.09. The number of nitrogens with zero attached hydrogens (tertiary/aromatic N) is 3. The Labute approximate surface area is 181 Å². The van der Waals surface area contributed by atoms with Crippen molar-refractivity contribution in [3.8, 4) is 0 Å². The first-order valence-electron chi connectivity index (χ1n) is 11.1. The molecule has 0 amide bonds. The van der Waals surface area contributed by atoms with Gasteiger partial charge in [0.2, 0.25) is 0 Å². The fourth-order valence-electron chi connectivity index (χ4n) is 4.71. The highest BCUT2D eigenvalue weighted by atomic mass is 32.1. The number of benzene rings is 1. The smallest absolute Gasteiger partial charge is 0.259 e. The minimum atomic E-state index is 0.0536. The first-order chi connectivity index (χ1) is 14.6. The number of nitrogens with one attached hydrogen (secondary N) is 1. The molecule has 5 nitrogen and oxygen atoms in total. The quantitative estimate of drug-likeness (QED) is 0.677. The molecule has 1 N–H and O–H groups in total. The molecule has 2 aliphatic rings. The number of thiophene rings is 1. The van der Waals surface area contributed by atoms with E-state index in [4.69, 9.17) is 4.98 Å². The number of aryl methyl sites for hydroxylation is 2. The van der Waals surface area contributed by atoms with Gasteiger partial charge in [-0.25, -0.2) is 4.98 Å². The summed E-state index contributed by atoms with van der Waals surface area (Å²) in [5, 5.41) is 0.851. The Hall–Kier alpha value is -2.02. The molecule has 0 bridgehead atoms. The van der Waals surface area contributed by atoms with Crippen LogP contribution in [0.25, 0.3) is 10.2 Å². The van der Waals surface area contributed by atoms with Crippen LogP contribution in [0.5, 0.6) is 0 Å². The van der Waals surface area contributed by atoms with E-state index in [0.717, 1.165) is 68.2 Å². The first-order valence-corrected chi connectivity index (χ1v) is 12.0. The second-order valence-electron chi connectivity index (χ2n) is 9.00. The topological polar surface area (TPSA) is 52.2 Å². The van der Waals surface area contributed by atoms with Crippen LogP contribution in [0.1, 0.15) is 53.6 Å². The van der Waals surface area contributed by atoms with Crippen molar-refractivity contribution in [2.24, 2.45) is 0 Å². The van der Waals surface area contributed by atoms with Crippen molar-refractivity contribution in [1.82, 2.24) is 19.8 Å². The van der Waals surface area contributed by atoms with Crippen molar-refractivity contribution in [1.29, 1.82) is 0 Å². The van der Waals surface area contributed by atoms with E-state index < -0.39 is 0 Å². The van der Waals surface area contributed by atoms with Crippen LogP contribution in [0.2, 0.25) is 0 Å². The predicted molar refractivity (Wildman–Crippen MR) is 123 cm³/mol. The molecule has 1 aliphatic heterocycles. The molecular weight excluding hydrogens is 392 g/mol. The van der Waals surface area contributed by atoms with Gasteiger partial charge in [0.25, 0.3) is 5.56 Å². The molecule has 0 spiro atoms. The lowest BCUT2D eigenvalue weighted by atomic mass is 10.0. The maximum atomic E-state index is 12.7. The highest BCUT2D eigenvalue weighted by Crippen LogP contribution is 2.34. The number of H-pyrrole nitrogens is 1. The van der Waals surface area contributed by atoms with Gasteiger partial charge in [-0.3, -0.25) is 14.6 Å². The molecule has 2 aromatic heterocycles. The van der Waals surface area contributed by atoms with Gasteiger partial charge < -0.3 is 4.98 Å². The van der Waals surface area contributed by atoms with Crippen LogP contribution in [0.15, 0.2) is 29.1 Å². The molecule has 3 aromatic rings. The Bertz CT molecular complexity index is 1090. The molecule has 3 heterocycles. The summed E-state index contributed by atoms with van der Waals surface area (Å²) in [6.07, 6.45) is 3.30. The van der Waals surface area contributed by atoms with Gasteiger partial charge in [0.05, 0.1) is 11.9 Å². The zero-order valence-electron chi connectivity index (χ0n) is 17.9. The van der Waals surface area contributed by atoms with E-state index in [9.17, 15) is 4.79 Å². The van der Waals surface area contributed by atoms with Crippen molar-refractivity contribution >= 4 is 21.6 Å². The molecule has 6 heteroatoms. The number of fused-ring (bicyclic) bond motifs is 3. The molecular formula is C24H30N4OS. The van der Waals surface area contributed by atoms with Crippen LogP contribution in [-0.2, 0) is 25.9 Å². The standard InChI is InChI=1S/C24H30N4OS/c1-16(2)18-8-6-17(7-9-18)14-27-10-12-28(13-11-27)15-21-25-23(29)22-19-4-3-5-20(19)30-24(22)26-21/h6-9,16H,3-5,10-15H2,1-2H3,(H,25,26,29). The largest absolute Gasteiger partial charge is 0.309 e. The second-order valence-corrected chi connectivity index (χ2v) is 10.1. The van der Waals surface area contributed by atoms with E-state index in [-0.39, 0.29) is 5.56 Å². The zero-order valence-corrected chi connectivity index (χ0v) is 18.7. The average Bonchev–Trinajstić information content (AvgIpc) is 3.31. The fourth-order valence-corrected chi connectivity index (χ4v) is 5.99. The maximum Gasteiger partial charge on any atom is 0.259 e. The van der Waals surface area contributed by atoms with Gasteiger partial charge in [0.15, 0.2) is 0 Å². The summed E-state index contributed by atoms with van der Waals surface area (Å²) in [6.45, 7) is 10.3. The number of rotatable bonds is 5. The zero-order chi connectivity index (χ0) is 20.7. The summed E-state index contributed by atoms with van der Waals surface area (Å²) in [6, 6.07) is 9.05. The first kappa shape index (κ1) is 19.9. The van der Waals surface area contributed by atoms with Crippen LogP contribution in [0.4, 0.5) is 0 Å². The Kier molecular flexibility index (Phi) is 5.48. The van der Waals surface area contributed by atoms with Gasteiger partial charge in [-0.15, -0.1) is 11.3 Å². The van der Waals surface area contributed by atoms with Gasteiger partial charge in [-0.1, -0.05) is 38.1 Å². The third-order valence-corrected chi connectivity index (χ3v) is 7.70. The minimum absolute atomic E-state index is 0.0536. The fraction of sp³-hybridized carbons (Fsp3) is 0.500. The summed E-state index contributed by atoms with van der Waals surface area (Å²) in [4.78, 5) is 27.8. The van der Waals surface area contributed by atoms with Crippen molar-refractivity contribution < 1.29 is 0 Å². The van der Waals surface area contributed by atoms with Crippen LogP contribution >= 0.6 is 11.3 Å². The van der Waals surface area contributed by atoms with Gasteiger partial charge in [-0.2, -0.15) is 0 Å². The van der Waals surface area contributed by atoms with Crippen molar-refractivity contribution in [3.63, 3.8) is 0 Å². The number of hydrogen-bond acceptors (Lipinski definition) is 5. The SMILES string of the molecule is CC(C)c1ccc(CN2CCN(Cc3nc4sc5c(c4c(=O)[nH]3)CCC5)CC2)cc1. The lowest BCUT2D eigenvalue weighted by Crippen LogP contribution is -2.45. The van der Waals surface area contributed by atoms with Gasteiger partial charge >= 0.3 is 0 Å². The van der Waals surface area contributed by atoms with Crippen molar-refractivity contribution in [2.75, 3.05) is 26.2 Å². The van der Waals surface area contributed by atoms with E-state index in [2.05, 4.69) is 52.9 Å². The van der Waals surface area contributed by atoms with Crippen molar-refractivity contribution in [2.45, 2.75) is 52.1 Å². The van der Waals surface area contributed by atoms with Crippen LogP contribution < -0.4 is 5.56 Å². The van der Waals surface area contributed by atoms with Gasteiger partial charge in [-0.05, 0) is 41.9 Å². The lowest BCUT2D eigenvalue weighted by molar-refractivity contribution is 0.120. The molecule has 0 saturated carbocycles. The van der Waals surface area contributed by atoms with Crippen LogP contribution in [-0.4, -0.2) is 45.9 Å². The second kappa shape index (κ2) is 8.25. The maximum absolute atomic E-state index is 12.7. The highest BCUT2D eigenvalue weighted by molar-refractivity contribution is 7.18. The Morgan fingerprint density at radius 1 is 1.03 bits per heavy atom. The molecule has 0 radical (unpaired) electrons. The lowest BCUT2D eigenvalue weighted by Gasteiger charge is -2.34. The minimum Gasteiger partial charge on any atom is -0.309 e. The predicted octanol–water partition coefficient (Wildman–Crippen LogP) is 3.91. The Morgan fingerprint density at radius 3 is 2.43 bits per heavy atom. The molecule has 1 saturated heterocycles. The number of aromatic nitrogens is 2. The molecule has 0 unspecified atom stereocenters. The molecule has 5 rings (SSSR count). The van der Waals surface area contributed by atoms with E-state index in [1.807, 2.05) is 0 Å². The normalized spacial score (nSPS) is 17.8. The van der Waals surface area contributed by atoms with E-state index in [1.165, 1.54) is 28.0 Å². The van der Waals surface area contributed by atoms with Crippen LogP contribution in [0.3, 0.4) is 0 Å². The van der Waals surface area contributed by atoms with E-state index in [0.29, 0.717) is 5.92 Å². The number of piperazine rings is 1. The molecule has 1 fully saturated rings. The molecule has 1 aliphatic carbocycles. The Morgan fingerprint density at radius 2 is 1.73 bits per heavy atom. The van der Waals surface area contributed by atoms with Gasteiger partial charge in [0.1, 0.15) is 10.7 Å². The third-order valence-electron chi connectivity index (χ3n) is 6.51. The Balaban J connectivity index is 1.20. The van der Waals surface area contributed by atoms with E-state index >= 15 is 0 Å². The number of hydrogen-bond donors (Lipinski definition) is 1. The molecule has 158 valence electrons. The summed E-state index contributed by atoms with van der Waals surface area (Å²) in [7, 11) is 0. The summed E-state index contributed by atoms with van der Waals surface area (Å²) in [5.74, 6) is 1.39. The average molecular weight is 423 g/mol. The number of aromatic amines is 1.